The number of likely N-dealkylation sites (N-methyl/N-ethyl adjacent to an activating group) is 1. The van der Waals surface area contributed by atoms with Crippen LogP contribution in [0.4, 0.5) is 4.79 Å². The van der Waals surface area contributed by atoms with Crippen LogP contribution in [0, 0.1) is 0 Å². The second-order valence-corrected chi connectivity index (χ2v) is 7.23. The Morgan fingerprint density at radius 1 is 1.10 bits per heavy atom. The summed E-state index contributed by atoms with van der Waals surface area (Å²) in [4.78, 5) is 27.2. The molecule has 2 N–H and O–H groups in total. The number of esters is 1. The second-order valence-electron chi connectivity index (χ2n) is 6.82. The summed E-state index contributed by atoms with van der Waals surface area (Å²) in [5.74, 6) is -0.479. The third-order valence-electron chi connectivity index (χ3n) is 4.59. The number of benzene rings is 2. The first kappa shape index (κ1) is 20.9. The highest BCUT2D eigenvalue weighted by Gasteiger charge is 2.34. The molecule has 2 aromatic carbocycles. The molecule has 1 aliphatic rings. The van der Waals surface area contributed by atoms with Gasteiger partial charge < -0.3 is 15.4 Å². The number of nitrogens with one attached hydrogen (secondary N) is 2. The molecule has 6 nitrogen and oxygen atoms in total. The van der Waals surface area contributed by atoms with E-state index in [9.17, 15) is 9.59 Å². The first-order valence-corrected chi connectivity index (χ1v) is 9.82. The van der Waals surface area contributed by atoms with Crippen molar-refractivity contribution in [1.82, 2.24) is 15.5 Å². The molecule has 0 saturated carbocycles. The highest BCUT2D eigenvalue weighted by molar-refractivity contribution is 6.31. The molecule has 7 heteroatoms. The van der Waals surface area contributed by atoms with Gasteiger partial charge in [-0.05, 0) is 31.2 Å². The van der Waals surface area contributed by atoms with Crippen LogP contribution >= 0.6 is 11.6 Å². The maximum absolute atomic E-state index is 12.8. The lowest BCUT2D eigenvalue weighted by Gasteiger charge is -2.31. The van der Waals surface area contributed by atoms with E-state index in [1.54, 1.807) is 25.1 Å². The number of carbonyl (C=O) groups is 2. The van der Waals surface area contributed by atoms with E-state index in [4.69, 9.17) is 16.3 Å². The highest BCUT2D eigenvalue weighted by Crippen LogP contribution is 2.32. The van der Waals surface area contributed by atoms with Crippen molar-refractivity contribution in [2.24, 2.45) is 0 Å². The Morgan fingerprint density at radius 2 is 1.79 bits per heavy atom. The van der Waals surface area contributed by atoms with E-state index in [-0.39, 0.29) is 12.6 Å². The SMILES string of the molecule is CCOC(=O)C1=C(CN(C)Cc2ccccc2)NC(=O)N[C@H]1c1ccccc1Cl. The number of rotatable bonds is 7. The lowest BCUT2D eigenvalue weighted by molar-refractivity contribution is -0.139. The predicted molar refractivity (Wildman–Crippen MR) is 112 cm³/mol. The molecule has 2 amide bonds. The minimum atomic E-state index is -0.684. The number of ether oxygens (including phenoxy) is 1. The molecule has 0 bridgehead atoms. The summed E-state index contributed by atoms with van der Waals surface area (Å²) in [5.41, 5.74) is 2.65. The Balaban J connectivity index is 1.96. The van der Waals surface area contributed by atoms with Gasteiger partial charge in [0.05, 0.1) is 18.2 Å². The monoisotopic (exact) mass is 413 g/mol. The summed E-state index contributed by atoms with van der Waals surface area (Å²) in [6, 6.07) is 16.1. The number of amides is 2. The Labute approximate surface area is 175 Å². The summed E-state index contributed by atoms with van der Waals surface area (Å²) in [6.45, 7) is 3.02. The standard InChI is InChI=1S/C22H24ClN3O3/c1-3-29-21(27)19-18(14-26(2)13-15-9-5-4-6-10-15)24-22(28)25-20(19)16-11-7-8-12-17(16)23/h4-12,20H,3,13-14H2,1-2H3,(H2,24,25,28)/t20-/m0/s1. The van der Waals surface area contributed by atoms with E-state index in [1.807, 2.05) is 48.3 Å². The zero-order valence-electron chi connectivity index (χ0n) is 16.4. The van der Waals surface area contributed by atoms with E-state index in [1.165, 1.54) is 0 Å². The van der Waals surface area contributed by atoms with E-state index >= 15 is 0 Å². The number of nitrogens with zero attached hydrogens (tertiary/aromatic N) is 1. The van der Waals surface area contributed by atoms with Crippen molar-refractivity contribution in [3.8, 4) is 0 Å². The third kappa shape index (κ3) is 5.16. The number of hydrogen-bond donors (Lipinski definition) is 2. The second kappa shape index (κ2) is 9.58. The van der Waals surface area contributed by atoms with Crippen molar-refractivity contribution in [3.05, 3.63) is 82.0 Å². The van der Waals surface area contributed by atoms with Crippen LogP contribution in [-0.2, 0) is 16.1 Å². The molecule has 3 rings (SSSR count). The quantitative estimate of drug-likeness (QED) is 0.680. The number of carbonyl (C=O) groups excluding carboxylic acids is 2. The molecule has 1 atom stereocenters. The lowest BCUT2D eigenvalue weighted by Crippen LogP contribution is -2.48. The Hall–Kier alpha value is -2.83. The van der Waals surface area contributed by atoms with Crippen LogP contribution in [0.1, 0.15) is 24.1 Å². The Kier molecular flexibility index (Phi) is 6.90. The number of hydrogen-bond acceptors (Lipinski definition) is 4. The van der Waals surface area contributed by atoms with Gasteiger partial charge >= 0.3 is 12.0 Å². The van der Waals surface area contributed by atoms with Crippen LogP contribution in [0.2, 0.25) is 5.02 Å². The van der Waals surface area contributed by atoms with Gasteiger partial charge in [0.25, 0.3) is 0 Å². The summed E-state index contributed by atoms with van der Waals surface area (Å²) in [7, 11) is 1.93. The van der Waals surface area contributed by atoms with Gasteiger partial charge in [-0.1, -0.05) is 60.1 Å². The largest absolute Gasteiger partial charge is 0.463 e. The van der Waals surface area contributed by atoms with Gasteiger partial charge in [0, 0.05) is 23.8 Å². The van der Waals surface area contributed by atoms with Crippen molar-refractivity contribution < 1.29 is 14.3 Å². The maximum Gasteiger partial charge on any atom is 0.338 e. The van der Waals surface area contributed by atoms with E-state index in [0.29, 0.717) is 34.9 Å². The van der Waals surface area contributed by atoms with Crippen molar-refractivity contribution in [1.29, 1.82) is 0 Å². The van der Waals surface area contributed by atoms with Gasteiger partial charge in [-0.25, -0.2) is 9.59 Å². The summed E-state index contributed by atoms with van der Waals surface area (Å²) in [5, 5.41) is 6.06. The Morgan fingerprint density at radius 3 is 2.48 bits per heavy atom. The molecule has 0 aromatic heterocycles. The fraction of sp³-hybridized carbons (Fsp3) is 0.273. The molecule has 1 heterocycles. The van der Waals surface area contributed by atoms with Crippen LogP contribution in [0.25, 0.3) is 0 Å². The molecule has 0 unspecified atom stereocenters. The zero-order chi connectivity index (χ0) is 20.8. The van der Waals surface area contributed by atoms with Gasteiger partial charge in [0.2, 0.25) is 0 Å². The molecule has 0 radical (unpaired) electrons. The molecular formula is C22H24ClN3O3. The van der Waals surface area contributed by atoms with Crippen LogP contribution in [0.15, 0.2) is 65.9 Å². The van der Waals surface area contributed by atoms with Crippen LogP contribution < -0.4 is 10.6 Å². The van der Waals surface area contributed by atoms with E-state index < -0.39 is 12.0 Å². The third-order valence-corrected chi connectivity index (χ3v) is 4.93. The summed E-state index contributed by atoms with van der Waals surface area (Å²) < 4.78 is 5.29. The van der Waals surface area contributed by atoms with Gasteiger partial charge in [0.1, 0.15) is 0 Å². The topological polar surface area (TPSA) is 70.7 Å². The van der Waals surface area contributed by atoms with Crippen molar-refractivity contribution in [3.63, 3.8) is 0 Å². The highest BCUT2D eigenvalue weighted by atomic mass is 35.5. The Bertz CT molecular complexity index is 915. The minimum absolute atomic E-state index is 0.235. The molecule has 29 heavy (non-hydrogen) atoms. The molecule has 1 aliphatic heterocycles. The van der Waals surface area contributed by atoms with Crippen molar-refractivity contribution >= 4 is 23.6 Å². The molecular weight excluding hydrogens is 390 g/mol. The first-order chi connectivity index (χ1) is 14.0. The van der Waals surface area contributed by atoms with Crippen LogP contribution in [0.3, 0.4) is 0 Å². The molecule has 0 aliphatic carbocycles. The smallest absolute Gasteiger partial charge is 0.338 e. The fourth-order valence-corrected chi connectivity index (χ4v) is 3.60. The zero-order valence-corrected chi connectivity index (χ0v) is 17.2. The molecule has 0 saturated heterocycles. The molecule has 0 spiro atoms. The van der Waals surface area contributed by atoms with Crippen molar-refractivity contribution in [2.45, 2.75) is 19.5 Å². The van der Waals surface area contributed by atoms with E-state index in [2.05, 4.69) is 10.6 Å². The molecule has 2 aromatic rings. The lowest BCUT2D eigenvalue weighted by atomic mass is 9.95. The van der Waals surface area contributed by atoms with Gasteiger partial charge in [-0.2, -0.15) is 0 Å². The van der Waals surface area contributed by atoms with Gasteiger partial charge in [0.15, 0.2) is 0 Å². The summed E-state index contributed by atoms with van der Waals surface area (Å²) in [6.07, 6.45) is 0. The van der Waals surface area contributed by atoms with Crippen LogP contribution in [-0.4, -0.2) is 37.1 Å². The number of halogens is 1. The predicted octanol–water partition coefficient (Wildman–Crippen LogP) is 3.64. The van der Waals surface area contributed by atoms with Crippen molar-refractivity contribution in [2.75, 3.05) is 20.2 Å². The maximum atomic E-state index is 12.8. The fourth-order valence-electron chi connectivity index (χ4n) is 3.36. The van der Waals surface area contributed by atoms with E-state index in [0.717, 1.165) is 5.56 Å². The van der Waals surface area contributed by atoms with Gasteiger partial charge in [-0.15, -0.1) is 0 Å². The average Bonchev–Trinajstić information content (AvgIpc) is 2.68. The molecule has 152 valence electrons. The normalized spacial score (nSPS) is 16.4. The first-order valence-electron chi connectivity index (χ1n) is 9.44. The summed E-state index contributed by atoms with van der Waals surface area (Å²) >= 11 is 6.36. The number of urea groups is 1. The van der Waals surface area contributed by atoms with Crippen LogP contribution in [0.5, 0.6) is 0 Å². The molecule has 0 fully saturated rings. The van der Waals surface area contributed by atoms with Gasteiger partial charge in [-0.3, -0.25) is 4.90 Å². The average molecular weight is 414 g/mol. The minimum Gasteiger partial charge on any atom is -0.463 e.